The maximum absolute atomic E-state index is 12.7. The predicted octanol–water partition coefficient (Wildman–Crippen LogP) is 3.95. The first-order valence-electron chi connectivity index (χ1n) is 10.8. The monoisotopic (exact) mass is 455 g/mol. The zero-order valence-corrected chi connectivity index (χ0v) is 18.5. The first-order valence-corrected chi connectivity index (χ1v) is 10.8. The highest BCUT2D eigenvalue weighted by Crippen LogP contribution is 2.12. The van der Waals surface area contributed by atoms with Crippen molar-refractivity contribution >= 4 is 6.02 Å². The lowest BCUT2D eigenvalue weighted by molar-refractivity contribution is 0.0869. The van der Waals surface area contributed by atoms with Gasteiger partial charge in [0.1, 0.15) is 19.0 Å². The Bertz CT molecular complexity index is 1270. The Morgan fingerprint density at radius 2 is 1.41 bits per heavy atom. The van der Waals surface area contributed by atoms with Crippen molar-refractivity contribution in [3.05, 3.63) is 130 Å². The molecule has 1 heterocycles. The second-order valence-corrected chi connectivity index (χ2v) is 7.42. The van der Waals surface area contributed by atoms with Crippen LogP contribution in [0.1, 0.15) is 16.8 Å². The zero-order chi connectivity index (χ0) is 23.6. The van der Waals surface area contributed by atoms with E-state index in [0.717, 1.165) is 11.1 Å². The molecule has 0 saturated heterocycles. The number of nitrogens with zero attached hydrogens (tertiary/aromatic N) is 2. The van der Waals surface area contributed by atoms with Gasteiger partial charge < -0.3 is 20.0 Å². The molecule has 172 valence electrons. The smallest absolute Gasteiger partial charge is 0.287 e. The number of para-hydroxylation sites is 1. The van der Waals surface area contributed by atoms with Crippen LogP contribution in [-0.2, 0) is 19.8 Å². The minimum atomic E-state index is -0.275. The molecule has 0 aliphatic carbocycles. The van der Waals surface area contributed by atoms with Gasteiger partial charge in [0.05, 0.1) is 18.4 Å². The molecule has 2 N–H and O–H groups in total. The van der Waals surface area contributed by atoms with E-state index in [2.05, 4.69) is 4.99 Å². The molecule has 0 radical (unpaired) electrons. The molecule has 7 nitrogen and oxygen atoms in total. The third kappa shape index (κ3) is 6.49. The molecule has 0 aliphatic rings. The lowest BCUT2D eigenvalue weighted by Crippen LogP contribution is -2.23. The van der Waals surface area contributed by atoms with Crippen LogP contribution in [0.25, 0.3) is 0 Å². The summed E-state index contributed by atoms with van der Waals surface area (Å²) in [6.45, 7) is 0.653. The van der Waals surface area contributed by atoms with E-state index >= 15 is 0 Å². The highest BCUT2D eigenvalue weighted by Gasteiger charge is 2.10. The molecule has 0 bridgehead atoms. The summed E-state index contributed by atoms with van der Waals surface area (Å²) in [5.41, 5.74) is 8.09. The summed E-state index contributed by atoms with van der Waals surface area (Å²) in [5, 5.41) is 0. The summed E-state index contributed by atoms with van der Waals surface area (Å²) < 4.78 is 12.8. The van der Waals surface area contributed by atoms with Crippen molar-refractivity contribution < 1.29 is 14.3 Å². The van der Waals surface area contributed by atoms with Crippen molar-refractivity contribution in [1.29, 1.82) is 0 Å². The van der Waals surface area contributed by atoms with Crippen molar-refractivity contribution in [3.63, 3.8) is 0 Å². The van der Waals surface area contributed by atoms with Gasteiger partial charge in [-0.1, -0.05) is 78.9 Å². The van der Waals surface area contributed by atoms with Crippen LogP contribution < -0.4 is 25.5 Å². The summed E-state index contributed by atoms with van der Waals surface area (Å²) in [6, 6.07) is 29.9. The molecule has 0 fully saturated rings. The lowest BCUT2D eigenvalue weighted by Gasteiger charge is -2.16. The molecule has 0 amide bonds. The van der Waals surface area contributed by atoms with E-state index in [1.54, 1.807) is 12.1 Å². The van der Waals surface area contributed by atoms with Gasteiger partial charge >= 0.3 is 0 Å². The van der Waals surface area contributed by atoms with Crippen molar-refractivity contribution in [2.75, 3.05) is 0 Å². The molecule has 0 spiro atoms. The largest absolute Gasteiger partial charge is 0.483 e. The molecular formula is C27H25N3O4. The Kier molecular flexibility index (Phi) is 7.58. The average molecular weight is 456 g/mol. The number of aromatic nitrogens is 1. The van der Waals surface area contributed by atoms with Crippen LogP contribution in [-0.4, -0.2) is 10.8 Å². The molecular weight excluding hydrogens is 430 g/mol. The Balaban J connectivity index is 1.53. The fraction of sp³-hybridized carbons (Fsp3) is 0.111. The zero-order valence-electron chi connectivity index (χ0n) is 18.5. The molecule has 0 unspecified atom stereocenters. The quantitative estimate of drug-likeness (QED) is 0.305. The van der Waals surface area contributed by atoms with E-state index in [4.69, 9.17) is 20.0 Å². The molecule has 0 atom stereocenters. The Morgan fingerprint density at radius 1 is 0.824 bits per heavy atom. The van der Waals surface area contributed by atoms with Gasteiger partial charge in [-0.3, -0.25) is 4.79 Å². The third-order valence-corrected chi connectivity index (χ3v) is 4.87. The first kappa shape index (κ1) is 22.7. The lowest BCUT2D eigenvalue weighted by atomic mass is 10.2. The standard InChI is InChI=1S/C27H25N3O4/c28-27(34-24-14-8-3-9-15-24)29-17-23-16-25(31)26(32-19-21-10-4-1-5-11-21)18-30(23)33-20-22-12-6-2-7-13-22/h1-16,18H,17,19-20H2,(H2,28,29). The molecule has 7 heteroatoms. The number of aliphatic imine (C=N–C) groups is 1. The van der Waals surface area contributed by atoms with Crippen molar-refractivity contribution in [2.24, 2.45) is 10.7 Å². The predicted molar refractivity (Wildman–Crippen MR) is 131 cm³/mol. The summed E-state index contributed by atoms with van der Waals surface area (Å²) in [4.78, 5) is 22.9. The number of benzene rings is 3. The van der Waals surface area contributed by atoms with Crippen LogP contribution in [0, 0.1) is 0 Å². The van der Waals surface area contributed by atoms with Gasteiger partial charge in [0.2, 0.25) is 5.43 Å². The van der Waals surface area contributed by atoms with Gasteiger partial charge in [0.15, 0.2) is 5.75 Å². The number of amidine groups is 1. The number of rotatable bonds is 9. The number of pyridine rings is 1. The van der Waals surface area contributed by atoms with Crippen LogP contribution in [0.2, 0.25) is 0 Å². The fourth-order valence-electron chi connectivity index (χ4n) is 3.14. The minimum absolute atomic E-state index is 0.0161. The summed E-state index contributed by atoms with van der Waals surface area (Å²) in [5.74, 6) is 0.754. The molecule has 1 aromatic heterocycles. The molecule has 0 saturated carbocycles. The Labute approximate surface area is 197 Å². The van der Waals surface area contributed by atoms with Gasteiger partial charge in [-0.15, -0.1) is 0 Å². The number of ether oxygens (including phenoxy) is 2. The van der Waals surface area contributed by atoms with E-state index in [-0.39, 0.29) is 30.4 Å². The van der Waals surface area contributed by atoms with E-state index < -0.39 is 0 Å². The topological polar surface area (TPSA) is 88.1 Å². The second kappa shape index (κ2) is 11.4. The number of hydrogen-bond donors (Lipinski definition) is 1. The van der Waals surface area contributed by atoms with Crippen molar-refractivity contribution in [3.8, 4) is 11.5 Å². The molecule has 3 aromatic carbocycles. The van der Waals surface area contributed by atoms with Crippen LogP contribution in [0.4, 0.5) is 0 Å². The van der Waals surface area contributed by atoms with Crippen LogP contribution in [0.3, 0.4) is 0 Å². The molecule has 34 heavy (non-hydrogen) atoms. The highest BCUT2D eigenvalue weighted by molar-refractivity contribution is 5.74. The van der Waals surface area contributed by atoms with E-state index in [1.165, 1.54) is 17.0 Å². The molecule has 0 aliphatic heterocycles. The average Bonchev–Trinajstić information content (AvgIpc) is 2.88. The first-order chi connectivity index (χ1) is 16.7. The van der Waals surface area contributed by atoms with Crippen LogP contribution in [0.5, 0.6) is 11.5 Å². The van der Waals surface area contributed by atoms with Gasteiger partial charge in [-0.25, -0.2) is 4.99 Å². The van der Waals surface area contributed by atoms with Gasteiger partial charge in [-0.05, 0) is 23.3 Å². The summed E-state index contributed by atoms with van der Waals surface area (Å²) >= 11 is 0. The van der Waals surface area contributed by atoms with E-state index in [9.17, 15) is 4.79 Å². The van der Waals surface area contributed by atoms with Crippen molar-refractivity contribution in [2.45, 2.75) is 19.8 Å². The molecule has 4 rings (SSSR count). The Morgan fingerprint density at radius 3 is 2.06 bits per heavy atom. The van der Waals surface area contributed by atoms with E-state index in [0.29, 0.717) is 18.1 Å². The normalized spacial score (nSPS) is 11.1. The summed E-state index contributed by atoms with van der Waals surface area (Å²) in [7, 11) is 0. The van der Waals surface area contributed by atoms with Crippen molar-refractivity contribution in [1.82, 2.24) is 4.73 Å². The fourth-order valence-corrected chi connectivity index (χ4v) is 3.14. The summed E-state index contributed by atoms with van der Waals surface area (Å²) in [6.07, 6.45) is 1.54. The second-order valence-electron chi connectivity index (χ2n) is 7.42. The van der Waals surface area contributed by atoms with Gasteiger partial charge in [0.25, 0.3) is 6.02 Å². The van der Waals surface area contributed by atoms with Crippen LogP contribution >= 0.6 is 0 Å². The minimum Gasteiger partial charge on any atom is -0.483 e. The van der Waals surface area contributed by atoms with E-state index in [1.807, 2.05) is 78.9 Å². The van der Waals surface area contributed by atoms with Gasteiger partial charge in [-0.2, -0.15) is 4.73 Å². The number of hydrogen-bond acceptors (Lipinski definition) is 5. The Hall–Kier alpha value is -4.52. The maximum atomic E-state index is 12.7. The third-order valence-electron chi connectivity index (χ3n) is 4.87. The highest BCUT2D eigenvalue weighted by atomic mass is 16.7. The molecule has 4 aromatic rings. The maximum Gasteiger partial charge on any atom is 0.287 e. The number of nitrogens with two attached hydrogens (primary N) is 1. The van der Waals surface area contributed by atoms with Crippen LogP contribution in [0.15, 0.2) is 113 Å². The van der Waals surface area contributed by atoms with Gasteiger partial charge in [0, 0.05) is 6.07 Å². The SMILES string of the molecule is NC(=NCc1cc(=O)c(OCc2ccccc2)cn1OCc1ccccc1)Oc1ccccc1.